The third kappa shape index (κ3) is 5.04. The van der Waals surface area contributed by atoms with Crippen LogP contribution in [0.25, 0.3) is 11.3 Å². The zero-order valence-electron chi connectivity index (χ0n) is 12.9. The lowest BCUT2D eigenvalue weighted by atomic mass is 10.1. The van der Waals surface area contributed by atoms with Gasteiger partial charge < -0.3 is 24.0 Å². The summed E-state index contributed by atoms with van der Waals surface area (Å²) in [6.45, 7) is 0. The van der Waals surface area contributed by atoms with Crippen LogP contribution in [0.1, 0.15) is 12.0 Å². The van der Waals surface area contributed by atoms with Crippen molar-refractivity contribution in [3.63, 3.8) is 0 Å². The maximum absolute atomic E-state index is 4.93. The van der Waals surface area contributed by atoms with E-state index >= 15 is 0 Å². The van der Waals surface area contributed by atoms with Gasteiger partial charge in [0.25, 0.3) is 0 Å². The average molecular weight is 439 g/mol. The van der Waals surface area contributed by atoms with Crippen LogP contribution in [0.5, 0.6) is 0 Å². The minimum Gasteiger partial charge on any atom is -1.00 e. The van der Waals surface area contributed by atoms with Crippen LogP contribution in [0.2, 0.25) is 0 Å². The molecule has 6 heteroatoms. The molecule has 0 N–H and O–H groups in total. The first kappa shape index (κ1) is 17.9. The zero-order chi connectivity index (χ0) is 15.2. The van der Waals surface area contributed by atoms with Gasteiger partial charge in [0.05, 0.1) is 5.56 Å². The normalized spacial score (nSPS) is 10.3. The molecule has 120 valence electrons. The highest BCUT2D eigenvalue weighted by atomic mass is 127. The molecular weight excluding hydrogens is 421 g/mol. The molecule has 0 unspecified atom stereocenters. The second-order valence-electron chi connectivity index (χ2n) is 5.11. The predicted molar refractivity (Wildman–Crippen MR) is 86.4 cm³/mol. The molecule has 0 aliphatic carbocycles. The van der Waals surface area contributed by atoms with Gasteiger partial charge in [-0.15, -0.1) is 11.8 Å². The summed E-state index contributed by atoms with van der Waals surface area (Å²) in [5.41, 5.74) is 3.22. The Kier molecular flexibility index (Phi) is 7.04. The van der Waals surface area contributed by atoms with Gasteiger partial charge in [0.15, 0.2) is 23.1 Å². The number of aryl methyl sites for hydroxylation is 2. The molecule has 0 atom stereocenters. The molecule has 0 amide bonds. The summed E-state index contributed by atoms with van der Waals surface area (Å²) in [6.07, 6.45) is 6.19. The van der Waals surface area contributed by atoms with Gasteiger partial charge in [0.1, 0.15) is 7.05 Å². The van der Waals surface area contributed by atoms with Crippen molar-refractivity contribution in [3.8, 4) is 11.3 Å². The first-order valence-electron chi connectivity index (χ1n) is 7.28. The molecule has 3 rings (SSSR count). The minimum absolute atomic E-state index is 0. The van der Waals surface area contributed by atoms with E-state index in [1.165, 1.54) is 5.56 Å². The Hall–Kier alpha value is -1.41. The molecule has 0 radical (unpaired) electrons. The molecule has 1 aromatic carbocycles. The molecule has 2 aromatic heterocycles. The molecule has 0 spiro atoms. The van der Waals surface area contributed by atoms with Crippen LogP contribution < -0.4 is 28.5 Å². The Labute approximate surface area is 157 Å². The first-order valence-corrected chi connectivity index (χ1v) is 8.26. The van der Waals surface area contributed by atoms with Gasteiger partial charge in [-0.05, 0) is 34.8 Å². The van der Waals surface area contributed by atoms with Crippen molar-refractivity contribution in [3.05, 3.63) is 60.4 Å². The van der Waals surface area contributed by atoms with E-state index < -0.39 is 0 Å². The van der Waals surface area contributed by atoms with Crippen LogP contribution in [-0.4, -0.2) is 16.1 Å². The molecule has 23 heavy (non-hydrogen) atoms. The third-order valence-electron chi connectivity index (χ3n) is 3.36. The maximum atomic E-state index is 4.93. The van der Waals surface area contributed by atoms with Crippen LogP contribution in [0, 0.1) is 0 Å². The Balaban J connectivity index is 0.00000192. The van der Waals surface area contributed by atoms with Crippen molar-refractivity contribution < 1.29 is 33.2 Å². The van der Waals surface area contributed by atoms with Crippen molar-refractivity contribution in [1.29, 1.82) is 0 Å². The summed E-state index contributed by atoms with van der Waals surface area (Å²) in [4.78, 5) is 0. The van der Waals surface area contributed by atoms with E-state index in [1.807, 2.05) is 42.2 Å². The lowest BCUT2D eigenvalue weighted by Gasteiger charge is -2.01. The summed E-state index contributed by atoms with van der Waals surface area (Å²) in [5.74, 6) is 0.995. The summed E-state index contributed by atoms with van der Waals surface area (Å²) >= 11 is 1.70. The highest BCUT2D eigenvalue weighted by Crippen LogP contribution is 2.28. The highest BCUT2D eigenvalue weighted by molar-refractivity contribution is 7.99. The largest absolute Gasteiger partial charge is 1.00 e. The third-order valence-corrected chi connectivity index (χ3v) is 4.40. The van der Waals surface area contributed by atoms with Gasteiger partial charge >= 0.3 is 0 Å². The van der Waals surface area contributed by atoms with E-state index in [9.17, 15) is 0 Å². The Morgan fingerprint density at radius 3 is 2.70 bits per heavy atom. The van der Waals surface area contributed by atoms with E-state index in [0.29, 0.717) is 0 Å². The van der Waals surface area contributed by atoms with Crippen molar-refractivity contribution in [2.75, 3.05) is 5.75 Å². The predicted octanol–water partition coefficient (Wildman–Crippen LogP) is 0.290. The molecule has 4 nitrogen and oxygen atoms in total. The minimum atomic E-state index is 0. The van der Waals surface area contributed by atoms with E-state index in [2.05, 4.69) is 34.6 Å². The van der Waals surface area contributed by atoms with E-state index in [0.717, 1.165) is 34.9 Å². The molecular formula is C17H18IN3OS. The van der Waals surface area contributed by atoms with Gasteiger partial charge in [-0.2, -0.15) is 0 Å². The van der Waals surface area contributed by atoms with Crippen molar-refractivity contribution in [1.82, 2.24) is 10.3 Å². The molecule has 2 heterocycles. The summed E-state index contributed by atoms with van der Waals surface area (Å²) in [7, 11) is 1.99. The average Bonchev–Trinajstić information content (AvgIpc) is 3.01. The fourth-order valence-electron chi connectivity index (χ4n) is 2.27. The van der Waals surface area contributed by atoms with E-state index in [-0.39, 0.29) is 24.0 Å². The molecule has 0 saturated heterocycles. The van der Waals surface area contributed by atoms with Gasteiger partial charge in [0.2, 0.25) is 0 Å². The number of hydrogen-bond acceptors (Lipinski definition) is 4. The van der Waals surface area contributed by atoms with Gasteiger partial charge in [-0.3, -0.25) is 0 Å². The maximum Gasteiger partial charge on any atom is 0.178 e. The number of halogens is 1. The fourth-order valence-corrected chi connectivity index (χ4v) is 3.13. The van der Waals surface area contributed by atoms with Crippen LogP contribution in [0.3, 0.4) is 0 Å². The monoisotopic (exact) mass is 439 g/mol. The number of hydrogen-bond donors (Lipinski definition) is 0. The molecule has 0 saturated carbocycles. The summed E-state index contributed by atoms with van der Waals surface area (Å²) < 4.78 is 6.92. The number of thioether (sulfide) groups is 1. The van der Waals surface area contributed by atoms with Crippen molar-refractivity contribution in [2.24, 2.45) is 7.05 Å². The molecule has 0 aliphatic rings. The molecule has 0 bridgehead atoms. The standard InChI is InChI=1S/C17H18N3OS.HI/c1-20-11-5-10-15(13-20)16-17(19-21-18-16)22-12-6-9-14-7-3-2-4-8-14;/h2-5,7-8,10-11,13H,6,9,12H2,1H3;1H/q+1;/p-1. The lowest BCUT2D eigenvalue weighted by molar-refractivity contribution is -0.671. The number of rotatable bonds is 6. The Morgan fingerprint density at radius 1 is 1.09 bits per heavy atom. The van der Waals surface area contributed by atoms with Crippen LogP contribution in [0.4, 0.5) is 0 Å². The zero-order valence-corrected chi connectivity index (χ0v) is 15.8. The highest BCUT2D eigenvalue weighted by Gasteiger charge is 2.14. The molecule has 0 aliphatic heterocycles. The van der Waals surface area contributed by atoms with E-state index in [1.54, 1.807) is 11.8 Å². The fraction of sp³-hybridized carbons (Fsp3) is 0.235. The van der Waals surface area contributed by atoms with Gasteiger partial charge in [-0.25, -0.2) is 9.20 Å². The topological polar surface area (TPSA) is 42.8 Å². The molecule has 0 fully saturated rings. The molecule has 3 aromatic rings. The first-order chi connectivity index (χ1) is 10.8. The Bertz CT molecular complexity index is 733. The van der Waals surface area contributed by atoms with Gasteiger partial charge in [-0.1, -0.05) is 30.3 Å². The SMILES string of the molecule is C[n+]1cccc(-c2nonc2SCCCc2ccccc2)c1.[I-]. The Morgan fingerprint density at radius 2 is 1.91 bits per heavy atom. The van der Waals surface area contributed by atoms with Crippen molar-refractivity contribution >= 4 is 11.8 Å². The van der Waals surface area contributed by atoms with Crippen molar-refractivity contribution in [2.45, 2.75) is 17.9 Å². The van der Waals surface area contributed by atoms with Crippen LogP contribution in [0.15, 0.2) is 64.5 Å². The number of benzene rings is 1. The summed E-state index contributed by atoms with van der Waals surface area (Å²) in [5, 5.41) is 8.94. The summed E-state index contributed by atoms with van der Waals surface area (Å²) in [6, 6.07) is 14.6. The lowest BCUT2D eigenvalue weighted by Crippen LogP contribution is -3.00. The number of pyridine rings is 1. The quantitative estimate of drug-likeness (QED) is 0.240. The van der Waals surface area contributed by atoms with Crippen LogP contribution >= 0.6 is 11.8 Å². The van der Waals surface area contributed by atoms with Crippen LogP contribution in [-0.2, 0) is 13.5 Å². The second-order valence-corrected chi connectivity index (χ2v) is 6.20. The smallest absolute Gasteiger partial charge is 0.178 e. The van der Waals surface area contributed by atoms with E-state index in [4.69, 9.17) is 4.63 Å². The van der Waals surface area contributed by atoms with Gasteiger partial charge in [0, 0.05) is 11.8 Å². The second kappa shape index (κ2) is 9.02. The number of aromatic nitrogens is 3. The number of nitrogens with zero attached hydrogens (tertiary/aromatic N) is 3.